The highest BCUT2D eigenvalue weighted by molar-refractivity contribution is 7.79. The van der Waals surface area contributed by atoms with E-state index < -0.39 is 7.92 Å². The van der Waals surface area contributed by atoms with Gasteiger partial charge >= 0.3 is 0 Å². The van der Waals surface area contributed by atoms with E-state index in [0.29, 0.717) is 0 Å². The van der Waals surface area contributed by atoms with Crippen molar-refractivity contribution in [1.29, 1.82) is 0 Å². The Balaban J connectivity index is 1.32. The quantitative estimate of drug-likeness (QED) is 0.124. The molecule has 3 aromatic carbocycles. The predicted molar refractivity (Wildman–Crippen MR) is 159 cm³/mol. The number of rotatable bonds is 18. The lowest BCUT2D eigenvalue weighted by molar-refractivity contribution is 0.535. The number of aryl methyl sites for hydroxylation is 1. The number of benzene rings is 3. The van der Waals surface area contributed by atoms with Crippen LogP contribution in [0.1, 0.15) is 102 Å². The summed E-state index contributed by atoms with van der Waals surface area (Å²) in [6.45, 7) is 2.30. The van der Waals surface area contributed by atoms with Crippen molar-refractivity contribution in [3.05, 3.63) is 90.5 Å². The molecule has 0 atom stereocenters. The molecule has 0 nitrogen and oxygen atoms in total. The third-order valence-corrected chi connectivity index (χ3v) is 9.49. The lowest BCUT2D eigenvalue weighted by Crippen LogP contribution is -2.20. The fraction of sp³-hybridized carbons (Fsp3) is 0.471. The van der Waals surface area contributed by atoms with Crippen molar-refractivity contribution in [2.75, 3.05) is 0 Å². The molecule has 0 spiro atoms. The molecule has 0 aliphatic rings. The van der Waals surface area contributed by atoms with Gasteiger partial charge in [0.25, 0.3) is 0 Å². The Labute approximate surface area is 217 Å². The van der Waals surface area contributed by atoms with Crippen LogP contribution in [0.3, 0.4) is 0 Å². The molecule has 0 saturated heterocycles. The third kappa shape index (κ3) is 10.7. The summed E-state index contributed by atoms with van der Waals surface area (Å²) in [4.78, 5) is 0. The van der Waals surface area contributed by atoms with Gasteiger partial charge in [0.1, 0.15) is 0 Å². The largest absolute Gasteiger partial charge is 0.0654 e. The van der Waals surface area contributed by atoms with E-state index in [1.54, 1.807) is 0 Å². The predicted octanol–water partition coefficient (Wildman–Crippen LogP) is 9.47. The minimum Gasteiger partial charge on any atom is -0.0654 e. The van der Waals surface area contributed by atoms with Gasteiger partial charge in [-0.3, -0.25) is 0 Å². The second-order valence-corrected chi connectivity index (χ2v) is 12.2. The van der Waals surface area contributed by atoms with Gasteiger partial charge in [0.05, 0.1) is 0 Å². The molecule has 188 valence electrons. The molecule has 0 aromatic heterocycles. The Bertz CT molecular complexity index is 845. The Kier molecular flexibility index (Phi) is 13.8. The first-order valence-electron chi connectivity index (χ1n) is 14.4. The van der Waals surface area contributed by atoms with Crippen molar-refractivity contribution in [2.24, 2.45) is 0 Å². The van der Waals surface area contributed by atoms with Crippen LogP contribution < -0.4 is 15.9 Å². The number of unbranched alkanes of at least 4 members (excludes halogenated alkanes) is 13. The van der Waals surface area contributed by atoms with Crippen LogP contribution in [0.15, 0.2) is 84.9 Å². The minimum absolute atomic E-state index is 0.491. The third-order valence-electron chi connectivity index (χ3n) is 7.04. The molecule has 35 heavy (non-hydrogen) atoms. The summed E-state index contributed by atoms with van der Waals surface area (Å²) >= 11 is 0. The van der Waals surface area contributed by atoms with Crippen LogP contribution >= 0.6 is 7.92 Å². The molecule has 0 fully saturated rings. The van der Waals surface area contributed by atoms with Crippen LogP contribution in [0.2, 0.25) is 0 Å². The molecule has 0 heterocycles. The molecule has 0 aliphatic carbocycles. The van der Waals surface area contributed by atoms with E-state index in [4.69, 9.17) is 0 Å². The van der Waals surface area contributed by atoms with Gasteiger partial charge < -0.3 is 0 Å². The standard InChI is InChI=1S/C34H47P/c1-2-3-4-5-6-7-8-9-10-11-12-13-14-17-22-31-27-29-34(30-28-31)35(32-23-18-15-19-24-32)33-25-20-16-21-26-33/h15-16,18-21,23-30H,2-14,17,22H2,1H3. The summed E-state index contributed by atoms with van der Waals surface area (Å²) in [6, 6.07) is 31.5. The zero-order valence-corrected chi connectivity index (χ0v) is 23.0. The van der Waals surface area contributed by atoms with Gasteiger partial charge in [0.15, 0.2) is 0 Å². The highest BCUT2D eigenvalue weighted by Crippen LogP contribution is 2.32. The van der Waals surface area contributed by atoms with Crippen molar-refractivity contribution in [2.45, 2.75) is 103 Å². The Morgan fingerprint density at radius 1 is 0.400 bits per heavy atom. The van der Waals surface area contributed by atoms with Crippen molar-refractivity contribution < 1.29 is 0 Å². The molecule has 1 heteroatoms. The van der Waals surface area contributed by atoms with E-state index in [2.05, 4.69) is 91.9 Å². The fourth-order valence-electron chi connectivity index (χ4n) is 4.94. The molecule has 0 N–H and O–H groups in total. The second-order valence-electron chi connectivity index (χ2n) is 10.0. The monoisotopic (exact) mass is 486 g/mol. The van der Waals surface area contributed by atoms with E-state index >= 15 is 0 Å². The van der Waals surface area contributed by atoms with E-state index in [1.165, 1.54) is 118 Å². The van der Waals surface area contributed by atoms with Gasteiger partial charge in [0, 0.05) is 0 Å². The van der Waals surface area contributed by atoms with Crippen molar-refractivity contribution >= 4 is 23.8 Å². The highest BCUT2D eigenvalue weighted by atomic mass is 31.1. The Hall–Kier alpha value is -1.91. The summed E-state index contributed by atoms with van der Waals surface area (Å²) in [6.07, 6.45) is 21.1. The molecule has 3 rings (SSSR count). The van der Waals surface area contributed by atoms with Crippen LogP contribution in [-0.4, -0.2) is 0 Å². The van der Waals surface area contributed by atoms with Crippen LogP contribution in [0.4, 0.5) is 0 Å². The van der Waals surface area contributed by atoms with Gasteiger partial charge in [-0.05, 0) is 42.2 Å². The van der Waals surface area contributed by atoms with Crippen LogP contribution in [-0.2, 0) is 6.42 Å². The smallest absolute Gasteiger partial charge is 0.0134 e. The first-order valence-corrected chi connectivity index (χ1v) is 15.7. The highest BCUT2D eigenvalue weighted by Gasteiger charge is 2.15. The summed E-state index contributed by atoms with van der Waals surface area (Å²) in [5.41, 5.74) is 1.49. The summed E-state index contributed by atoms with van der Waals surface area (Å²) in [5, 5.41) is 4.30. The molecule has 0 saturated carbocycles. The van der Waals surface area contributed by atoms with Gasteiger partial charge in [-0.25, -0.2) is 0 Å². The maximum atomic E-state index is 2.38. The van der Waals surface area contributed by atoms with Crippen molar-refractivity contribution in [1.82, 2.24) is 0 Å². The minimum atomic E-state index is -0.491. The zero-order chi connectivity index (χ0) is 24.4. The first-order chi connectivity index (χ1) is 17.4. The van der Waals surface area contributed by atoms with E-state index in [1.807, 2.05) is 0 Å². The van der Waals surface area contributed by atoms with Crippen molar-refractivity contribution in [3.63, 3.8) is 0 Å². The molecule has 0 amide bonds. The van der Waals surface area contributed by atoms with E-state index in [9.17, 15) is 0 Å². The topological polar surface area (TPSA) is 0 Å². The van der Waals surface area contributed by atoms with Gasteiger partial charge in [-0.2, -0.15) is 0 Å². The van der Waals surface area contributed by atoms with Crippen LogP contribution in [0.25, 0.3) is 0 Å². The van der Waals surface area contributed by atoms with Crippen molar-refractivity contribution in [3.8, 4) is 0 Å². The molecule has 3 aromatic rings. The lowest BCUT2D eigenvalue weighted by Gasteiger charge is -2.19. The summed E-state index contributed by atoms with van der Waals surface area (Å²) in [5.74, 6) is 0. The number of hydrogen-bond acceptors (Lipinski definition) is 0. The maximum absolute atomic E-state index is 2.38. The Morgan fingerprint density at radius 2 is 0.771 bits per heavy atom. The summed E-state index contributed by atoms with van der Waals surface area (Å²) < 4.78 is 0. The molecule has 0 bridgehead atoms. The zero-order valence-electron chi connectivity index (χ0n) is 22.1. The average molecular weight is 487 g/mol. The molecule has 0 radical (unpaired) electrons. The van der Waals surface area contributed by atoms with Crippen LogP contribution in [0.5, 0.6) is 0 Å². The molecular formula is C34H47P. The lowest BCUT2D eigenvalue weighted by atomic mass is 10.0. The van der Waals surface area contributed by atoms with Gasteiger partial charge in [-0.1, -0.05) is 175 Å². The normalized spacial score (nSPS) is 11.3. The maximum Gasteiger partial charge on any atom is -0.0134 e. The van der Waals surface area contributed by atoms with Crippen LogP contribution in [0, 0.1) is 0 Å². The fourth-order valence-corrected chi connectivity index (χ4v) is 7.22. The first kappa shape index (κ1) is 27.7. The second kappa shape index (κ2) is 17.5. The Morgan fingerprint density at radius 3 is 1.20 bits per heavy atom. The average Bonchev–Trinajstić information content (AvgIpc) is 2.91. The molecule has 0 aliphatic heterocycles. The number of hydrogen-bond donors (Lipinski definition) is 0. The SMILES string of the molecule is CCCCCCCCCCCCCCCCc1ccc(P(c2ccccc2)c2ccccc2)cc1. The van der Waals surface area contributed by atoms with Gasteiger partial charge in [0.2, 0.25) is 0 Å². The van der Waals surface area contributed by atoms with E-state index in [-0.39, 0.29) is 0 Å². The molecular weight excluding hydrogens is 439 g/mol. The van der Waals surface area contributed by atoms with E-state index in [0.717, 1.165) is 0 Å². The summed E-state index contributed by atoms with van der Waals surface area (Å²) in [7, 11) is -0.491. The molecule has 0 unspecified atom stereocenters. The van der Waals surface area contributed by atoms with Gasteiger partial charge in [-0.15, -0.1) is 0 Å².